The van der Waals surface area contributed by atoms with Gasteiger partial charge in [-0.15, -0.1) is 10.2 Å². The summed E-state index contributed by atoms with van der Waals surface area (Å²) in [7, 11) is 3.28. The number of nitrogens with one attached hydrogen (secondary N) is 2. The number of nitrogens with zero attached hydrogens (tertiary/aromatic N) is 3. The molecule has 2 aromatic carbocycles. The Morgan fingerprint density at radius 1 is 1.15 bits per heavy atom. The van der Waals surface area contributed by atoms with Crippen molar-refractivity contribution in [2.75, 3.05) is 24.8 Å². The van der Waals surface area contributed by atoms with E-state index in [-0.39, 0.29) is 24.2 Å². The minimum atomic E-state index is -0.753. The van der Waals surface area contributed by atoms with E-state index in [9.17, 15) is 14.7 Å². The van der Waals surface area contributed by atoms with Gasteiger partial charge in [0.1, 0.15) is 11.8 Å². The number of hydrogen-bond donors (Lipinski definition) is 3. The van der Waals surface area contributed by atoms with Crippen LogP contribution in [0.15, 0.2) is 53.7 Å². The van der Waals surface area contributed by atoms with Gasteiger partial charge in [0.05, 0.1) is 19.5 Å². The molecule has 33 heavy (non-hydrogen) atoms. The molecule has 0 unspecified atom stereocenters. The maximum absolute atomic E-state index is 12.6. The fraction of sp³-hybridized carbons (Fsp3) is 0.304. The van der Waals surface area contributed by atoms with Gasteiger partial charge in [-0.2, -0.15) is 0 Å². The molecule has 0 aliphatic carbocycles. The molecule has 0 saturated carbocycles. The van der Waals surface area contributed by atoms with E-state index >= 15 is 0 Å². The third-order valence-electron chi connectivity index (χ3n) is 5.03. The van der Waals surface area contributed by atoms with Crippen LogP contribution in [-0.2, 0) is 18.3 Å². The smallest absolute Gasteiger partial charge is 0.251 e. The average molecular weight is 470 g/mol. The van der Waals surface area contributed by atoms with E-state index in [1.807, 2.05) is 31.2 Å². The van der Waals surface area contributed by atoms with E-state index < -0.39 is 6.04 Å². The molecule has 3 N–H and O–H groups in total. The summed E-state index contributed by atoms with van der Waals surface area (Å²) in [6.45, 7) is 1.68. The molecular weight excluding hydrogens is 442 g/mol. The van der Waals surface area contributed by atoms with Crippen molar-refractivity contribution in [1.29, 1.82) is 0 Å². The molecular formula is C23H27N5O4S. The van der Waals surface area contributed by atoms with Crippen molar-refractivity contribution in [3.63, 3.8) is 0 Å². The second kappa shape index (κ2) is 11.5. The highest BCUT2D eigenvalue weighted by Gasteiger charge is 2.22. The van der Waals surface area contributed by atoms with Crippen molar-refractivity contribution in [3.8, 4) is 5.75 Å². The Kier molecular flexibility index (Phi) is 8.45. The number of para-hydroxylation sites is 1. The van der Waals surface area contributed by atoms with E-state index in [0.29, 0.717) is 22.3 Å². The number of aliphatic hydroxyl groups excluding tert-OH is 1. The normalized spacial score (nSPS) is 11.6. The van der Waals surface area contributed by atoms with Crippen molar-refractivity contribution in [2.24, 2.45) is 7.05 Å². The molecule has 1 heterocycles. The number of amides is 2. The lowest BCUT2D eigenvalue weighted by atomic mass is 10.1. The number of aliphatic hydroxyl groups is 1. The standard InChI is InChI=1S/C23H27N5O4S/c1-4-15-7-5-6-8-18(15)24-20(30)14-33-23-27-26-21(28(23)2)19(13-29)25-22(31)16-9-11-17(32-3)12-10-16/h5-12,19,29H,4,13-14H2,1-3H3,(H,24,30)(H,25,31)/t19-/m0/s1. The van der Waals surface area contributed by atoms with Gasteiger partial charge in [0.2, 0.25) is 5.91 Å². The Morgan fingerprint density at radius 2 is 1.88 bits per heavy atom. The van der Waals surface area contributed by atoms with Crippen LogP contribution in [0.4, 0.5) is 5.69 Å². The van der Waals surface area contributed by atoms with E-state index in [2.05, 4.69) is 20.8 Å². The Bertz CT molecular complexity index is 1100. The van der Waals surface area contributed by atoms with Gasteiger partial charge in [-0.3, -0.25) is 9.59 Å². The average Bonchev–Trinajstić information content (AvgIpc) is 3.21. The van der Waals surface area contributed by atoms with Crippen molar-refractivity contribution >= 4 is 29.3 Å². The predicted octanol–water partition coefficient (Wildman–Crippen LogP) is 2.58. The third-order valence-corrected chi connectivity index (χ3v) is 6.05. The lowest BCUT2D eigenvalue weighted by Crippen LogP contribution is -2.32. The number of anilines is 1. The number of hydrogen-bond acceptors (Lipinski definition) is 7. The molecule has 0 spiro atoms. The van der Waals surface area contributed by atoms with Crippen LogP contribution in [0.3, 0.4) is 0 Å². The highest BCUT2D eigenvalue weighted by atomic mass is 32.2. The van der Waals surface area contributed by atoms with Crippen LogP contribution in [0.1, 0.15) is 34.7 Å². The number of methoxy groups -OCH3 is 1. The van der Waals surface area contributed by atoms with Gasteiger partial charge in [-0.25, -0.2) is 0 Å². The maximum atomic E-state index is 12.6. The summed E-state index contributed by atoms with van der Waals surface area (Å²) in [5, 5.41) is 24.3. The second-order valence-electron chi connectivity index (χ2n) is 7.18. The first-order valence-corrected chi connectivity index (χ1v) is 11.4. The second-order valence-corrected chi connectivity index (χ2v) is 8.13. The minimum absolute atomic E-state index is 0.145. The van der Waals surface area contributed by atoms with Gasteiger partial charge in [0.15, 0.2) is 11.0 Å². The van der Waals surface area contributed by atoms with Crippen molar-refractivity contribution < 1.29 is 19.4 Å². The molecule has 3 rings (SSSR count). The largest absolute Gasteiger partial charge is 0.497 e. The number of carbonyl (C=O) groups excluding carboxylic acids is 2. The van der Waals surface area contributed by atoms with Crippen molar-refractivity contribution in [2.45, 2.75) is 24.5 Å². The molecule has 0 radical (unpaired) electrons. The monoisotopic (exact) mass is 469 g/mol. The van der Waals surface area contributed by atoms with E-state index in [0.717, 1.165) is 17.7 Å². The molecule has 1 atom stereocenters. The molecule has 0 aliphatic heterocycles. The van der Waals surface area contributed by atoms with Gasteiger partial charge < -0.3 is 25.0 Å². The first-order valence-electron chi connectivity index (χ1n) is 10.4. The topological polar surface area (TPSA) is 118 Å². The van der Waals surface area contributed by atoms with Gasteiger partial charge in [-0.05, 0) is 42.3 Å². The number of carbonyl (C=O) groups is 2. The molecule has 0 saturated heterocycles. The Labute approximate surface area is 196 Å². The van der Waals surface area contributed by atoms with Crippen LogP contribution in [0.25, 0.3) is 0 Å². The van der Waals surface area contributed by atoms with E-state index in [1.165, 1.54) is 11.8 Å². The zero-order valence-corrected chi connectivity index (χ0v) is 19.6. The number of rotatable bonds is 10. The first kappa shape index (κ1) is 24.3. The van der Waals surface area contributed by atoms with E-state index in [4.69, 9.17) is 4.74 Å². The third kappa shape index (κ3) is 6.11. The first-order chi connectivity index (χ1) is 16.0. The van der Waals surface area contributed by atoms with Crippen LogP contribution in [-0.4, -0.2) is 51.2 Å². The Morgan fingerprint density at radius 3 is 2.55 bits per heavy atom. The van der Waals surface area contributed by atoms with Crippen LogP contribution in [0, 0.1) is 0 Å². The maximum Gasteiger partial charge on any atom is 0.251 e. The lowest BCUT2D eigenvalue weighted by Gasteiger charge is -2.16. The number of ether oxygens (including phenoxy) is 1. The molecule has 0 fully saturated rings. The highest BCUT2D eigenvalue weighted by Crippen LogP contribution is 2.21. The summed E-state index contributed by atoms with van der Waals surface area (Å²) in [4.78, 5) is 25.0. The SMILES string of the molecule is CCc1ccccc1NC(=O)CSc1nnc([C@H](CO)NC(=O)c2ccc(OC)cc2)n1C. The fourth-order valence-electron chi connectivity index (χ4n) is 3.20. The summed E-state index contributed by atoms with van der Waals surface area (Å²) >= 11 is 1.23. The van der Waals surface area contributed by atoms with Gasteiger partial charge in [0.25, 0.3) is 5.91 Å². The van der Waals surface area contributed by atoms with Crippen LogP contribution < -0.4 is 15.4 Å². The lowest BCUT2D eigenvalue weighted by molar-refractivity contribution is -0.113. The molecule has 1 aromatic heterocycles. The predicted molar refractivity (Wildman–Crippen MR) is 126 cm³/mol. The molecule has 2 amide bonds. The molecule has 174 valence electrons. The van der Waals surface area contributed by atoms with Crippen LogP contribution >= 0.6 is 11.8 Å². The Hall–Kier alpha value is -3.37. The summed E-state index contributed by atoms with van der Waals surface area (Å²) in [5.74, 6) is 0.660. The summed E-state index contributed by atoms with van der Waals surface area (Å²) in [6, 6.07) is 13.6. The zero-order valence-electron chi connectivity index (χ0n) is 18.7. The van der Waals surface area contributed by atoms with Gasteiger partial charge >= 0.3 is 0 Å². The van der Waals surface area contributed by atoms with Crippen LogP contribution in [0.2, 0.25) is 0 Å². The highest BCUT2D eigenvalue weighted by molar-refractivity contribution is 7.99. The molecule has 10 heteroatoms. The molecule has 0 aliphatic rings. The summed E-state index contributed by atoms with van der Waals surface area (Å²) in [6.07, 6.45) is 0.820. The number of aryl methyl sites for hydroxylation is 1. The molecule has 9 nitrogen and oxygen atoms in total. The Balaban J connectivity index is 1.62. The molecule has 3 aromatic rings. The van der Waals surface area contributed by atoms with E-state index in [1.54, 1.807) is 43.0 Å². The van der Waals surface area contributed by atoms with Crippen molar-refractivity contribution in [3.05, 3.63) is 65.5 Å². The van der Waals surface area contributed by atoms with Gasteiger partial charge in [-0.1, -0.05) is 36.9 Å². The van der Waals surface area contributed by atoms with Crippen LogP contribution in [0.5, 0.6) is 5.75 Å². The number of aromatic nitrogens is 3. The molecule has 0 bridgehead atoms. The zero-order chi connectivity index (χ0) is 23.8. The fourth-order valence-corrected chi connectivity index (χ4v) is 3.92. The summed E-state index contributed by atoms with van der Waals surface area (Å²) < 4.78 is 6.76. The van der Waals surface area contributed by atoms with Gasteiger partial charge in [0, 0.05) is 18.3 Å². The summed E-state index contributed by atoms with van der Waals surface area (Å²) in [5.41, 5.74) is 2.29. The quantitative estimate of drug-likeness (QED) is 0.391. The number of thioether (sulfide) groups is 1. The van der Waals surface area contributed by atoms with Crippen molar-refractivity contribution in [1.82, 2.24) is 20.1 Å². The minimum Gasteiger partial charge on any atom is -0.497 e. The number of benzene rings is 2.